The summed E-state index contributed by atoms with van der Waals surface area (Å²) in [4.78, 5) is 0. The fraction of sp³-hybridized carbons (Fsp3) is 1.00. The fourth-order valence-electron chi connectivity index (χ4n) is 0.687. The van der Waals surface area contributed by atoms with Crippen LogP contribution in [0.25, 0.3) is 0 Å². The number of hydrogen-bond donors (Lipinski definition) is 3. The van der Waals surface area contributed by atoms with E-state index in [0.717, 1.165) is 0 Å². The standard InChI is InChI=1S/C7H16O6S.Na.H/c1-6(8)7(9)5-13-3-2-4-14(10,11)12;;/h6-9H,2-5H2,1H3,(H,10,11,12);;/q;+1;-1. The van der Waals surface area contributed by atoms with Gasteiger partial charge in [-0.15, -0.1) is 0 Å². The van der Waals surface area contributed by atoms with Crippen LogP contribution in [0.3, 0.4) is 0 Å². The summed E-state index contributed by atoms with van der Waals surface area (Å²) in [6.07, 6.45) is -1.69. The van der Waals surface area contributed by atoms with E-state index in [1.807, 2.05) is 0 Å². The number of hydrogen-bond acceptors (Lipinski definition) is 5. The maximum absolute atomic E-state index is 10.2. The van der Waals surface area contributed by atoms with Crippen molar-refractivity contribution in [3.8, 4) is 0 Å². The van der Waals surface area contributed by atoms with E-state index in [1.165, 1.54) is 6.92 Å². The summed E-state index contributed by atoms with van der Waals surface area (Å²) in [5, 5.41) is 17.9. The summed E-state index contributed by atoms with van der Waals surface area (Å²) in [7, 11) is -3.93. The van der Waals surface area contributed by atoms with Crippen molar-refractivity contribution in [2.75, 3.05) is 19.0 Å². The van der Waals surface area contributed by atoms with Crippen LogP contribution in [-0.4, -0.2) is 54.4 Å². The van der Waals surface area contributed by atoms with Gasteiger partial charge < -0.3 is 16.4 Å². The molecule has 8 heteroatoms. The van der Waals surface area contributed by atoms with Crippen LogP contribution >= 0.6 is 0 Å². The first-order chi connectivity index (χ1) is 6.33. The van der Waals surface area contributed by atoms with E-state index in [0.29, 0.717) is 0 Å². The Morgan fingerprint density at radius 2 is 1.93 bits per heavy atom. The summed E-state index contributed by atoms with van der Waals surface area (Å²) in [6.45, 7) is 1.49. The quantitative estimate of drug-likeness (QED) is 0.243. The van der Waals surface area contributed by atoms with Gasteiger partial charge in [-0.05, 0) is 13.3 Å². The predicted octanol–water partition coefficient (Wildman–Crippen LogP) is -3.86. The van der Waals surface area contributed by atoms with E-state index in [2.05, 4.69) is 0 Å². The van der Waals surface area contributed by atoms with Crippen LogP contribution in [0.2, 0.25) is 0 Å². The summed E-state index contributed by atoms with van der Waals surface area (Å²) >= 11 is 0. The molecule has 0 aromatic heterocycles. The van der Waals surface area contributed by atoms with Gasteiger partial charge in [0, 0.05) is 6.61 Å². The van der Waals surface area contributed by atoms with Crippen LogP contribution in [-0.2, 0) is 14.9 Å². The van der Waals surface area contributed by atoms with Crippen molar-refractivity contribution in [1.29, 1.82) is 0 Å². The minimum atomic E-state index is -3.93. The molecule has 0 fully saturated rings. The van der Waals surface area contributed by atoms with Crippen LogP contribution in [0, 0.1) is 0 Å². The average Bonchev–Trinajstić information content (AvgIpc) is 2.01. The molecule has 2 atom stereocenters. The zero-order valence-electron chi connectivity index (χ0n) is 9.96. The van der Waals surface area contributed by atoms with E-state index >= 15 is 0 Å². The molecule has 0 aliphatic carbocycles. The maximum Gasteiger partial charge on any atom is 1.00 e. The fourth-order valence-corrected chi connectivity index (χ4v) is 1.17. The molecule has 3 N–H and O–H groups in total. The second-order valence-electron chi connectivity index (χ2n) is 3.02. The van der Waals surface area contributed by atoms with Crippen molar-refractivity contribution in [3.05, 3.63) is 0 Å². The molecule has 0 amide bonds. The number of rotatable bonds is 7. The largest absolute Gasteiger partial charge is 1.00 e. The van der Waals surface area contributed by atoms with Gasteiger partial charge in [0.25, 0.3) is 10.1 Å². The Bertz CT molecular complexity index is 245. The monoisotopic (exact) mass is 252 g/mol. The van der Waals surface area contributed by atoms with Crippen molar-refractivity contribution < 1.29 is 58.9 Å². The third-order valence-electron chi connectivity index (χ3n) is 1.54. The Morgan fingerprint density at radius 3 is 2.33 bits per heavy atom. The summed E-state index contributed by atoms with van der Waals surface area (Å²) in [6, 6.07) is 0. The molecule has 0 aliphatic heterocycles. The molecule has 0 saturated heterocycles. The third kappa shape index (κ3) is 12.7. The molecular formula is C7H17NaO6S. The Labute approximate surface area is 113 Å². The Morgan fingerprint density at radius 1 is 1.40 bits per heavy atom. The Hall–Kier alpha value is 0.790. The SMILES string of the molecule is CC(O)C(O)COCCCS(=O)(=O)O.[H-].[Na+]. The second-order valence-corrected chi connectivity index (χ2v) is 4.59. The third-order valence-corrected chi connectivity index (χ3v) is 2.34. The molecule has 0 radical (unpaired) electrons. The summed E-state index contributed by atoms with van der Waals surface area (Å²) < 4.78 is 33.7. The topological polar surface area (TPSA) is 104 Å². The molecule has 6 nitrogen and oxygen atoms in total. The molecule has 15 heavy (non-hydrogen) atoms. The van der Waals surface area contributed by atoms with Crippen molar-refractivity contribution in [3.63, 3.8) is 0 Å². The smallest absolute Gasteiger partial charge is 1.00 e. The molecule has 0 aliphatic rings. The van der Waals surface area contributed by atoms with Gasteiger partial charge in [0.2, 0.25) is 0 Å². The molecule has 0 aromatic rings. The number of aliphatic hydroxyl groups excluding tert-OH is 2. The minimum absolute atomic E-state index is 0. The van der Waals surface area contributed by atoms with Gasteiger partial charge in [-0.2, -0.15) is 8.42 Å². The van der Waals surface area contributed by atoms with Gasteiger partial charge in [0.15, 0.2) is 0 Å². The summed E-state index contributed by atoms with van der Waals surface area (Å²) in [5.41, 5.74) is 0. The first kappa shape index (κ1) is 18.2. The Balaban J connectivity index is -0.000000845. The normalized spacial score (nSPS) is 15.5. The van der Waals surface area contributed by atoms with Crippen LogP contribution in [0.1, 0.15) is 14.8 Å². The molecule has 0 spiro atoms. The van der Waals surface area contributed by atoms with Gasteiger partial charge in [0.1, 0.15) is 6.10 Å². The summed E-state index contributed by atoms with van der Waals surface area (Å²) in [5.74, 6) is -0.363. The first-order valence-electron chi connectivity index (χ1n) is 4.22. The molecule has 88 valence electrons. The molecular weight excluding hydrogens is 235 g/mol. The van der Waals surface area contributed by atoms with E-state index in [-0.39, 0.29) is 56.4 Å². The average molecular weight is 252 g/mol. The Kier molecular flexibility index (Phi) is 10.8. The van der Waals surface area contributed by atoms with Crippen molar-refractivity contribution >= 4 is 10.1 Å². The van der Waals surface area contributed by atoms with Crippen LogP contribution in [0.4, 0.5) is 0 Å². The van der Waals surface area contributed by atoms with Crippen molar-refractivity contribution in [1.82, 2.24) is 0 Å². The van der Waals surface area contributed by atoms with Gasteiger partial charge in [-0.25, -0.2) is 0 Å². The van der Waals surface area contributed by atoms with E-state index in [4.69, 9.17) is 19.5 Å². The zero-order valence-corrected chi connectivity index (χ0v) is 11.8. The minimum Gasteiger partial charge on any atom is -1.00 e. The predicted molar refractivity (Wildman–Crippen MR) is 50.7 cm³/mol. The molecule has 0 saturated carbocycles. The number of ether oxygens (including phenoxy) is 1. The van der Waals surface area contributed by atoms with Crippen LogP contribution in [0.5, 0.6) is 0 Å². The van der Waals surface area contributed by atoms with E-state index in [1.54, 1.807) is 0 Å². The van der Waals surface area contributed by atoms with Gasteiger partial charge in [-0.3, -0.25) is 4.55 Å². The molecule has 0 rings (SSSR count). The molecule has 2 unspecified atom stereocenters. The maximum atomic E-state index is 10.2. The van der Waals surface area contributed by atoms with Gasteiger partial charge in [-0.1, -0.05) is 0 Å². The zero-order chi connectivity index (χ0) is 11.2. The molecule has 0 bridgehead atoms. The van der Waals surface area contributed by atoms with E-state index < -0.39 is 22.3 Å². The molecule has 0 aromatic carbocycles. The second kappa shape index (κ2) is 8.89. The van der Waals surface area contributed by atoms with Crippen molar-refractivity contribution in [2.24, 2.45) is 0 Å². The van der Waals surface area contributed by atoms with Crippen molar-refractivity contribution in [2.45, 2.75) is 25.6 Å². The number of aliphatic hydroxyl groups is 2. The van der Waals surface area contributed by atoms with Gasteiger partial charge >= 0.3 is 29.6 Å². The van der Waals surface area contributed by atoms with Crippen LogP contribution < -0.4 is 29.6 Å². The first-order valence-corrected chi connectivity index (χ1v) is 5.83. The molecule has 0 heterocycles. The van der Waals surface area contributed by atoms with Crippen LogP contribution in [0.15, 0.2) is 0 Å². The van der Waals surface area contributed by atoms with Gasteiger partial charge in [0.05, 0.1) is 18.5 Å². The van der Waals surface area contributed by atoms with E-state index in [9.17, 15) is 8.42 Å².